The van der Waals surface area contributed by atoms with E-state index in [0.717, 1.165) is 0 Å². The van der Waals surface area contributed by atoms with Crippen LogP contribution >= 0.6 is 0 Å². The molecular weight excluding hydrogens is 363 g/mol. The molecule has 2 aromatic carbocycles. The molecule has 7 nitrogen and oxygen atoms in total. The lowest BCUT2D eigenvalue weighted by molar-refractivity contribution is 0.102. The minimum absolute atomic E-state index is 0.237. The van der Waals surface area contributed by atoms with Gasteiger partial charge in [0.05, 0.1) is 25.5 Å². The summed E-state index contributed by atoms with van der Waals surface area (Å²) < 4.78 is 24.0. The topological polar surface area (TPSA) is 85.4 Å². The zero-order valence-electron chi connectivity index (χ0n) is 15.4. The monoisotopic (exact) mass is 382 g/mol. The second-order valence-electron chi connectivity index (χ2n) is 5.76. The van der Waals surface area contributed by atoms with E-state index in [1.165, 1.54) is 25.6 Å². The molecule has 3 rings (SSSR count). The summed E-state index contributed by atoms with van der Waals surface area (Å²) in [5.41, 5.74) is 1.27. The van der Waals surface area contributed by atoms with Crippen molar-refractivity contribution in [3.8, 4) is 11.5 Å². The number of nitrogens with zero attached hydrogens (tertiary/aromatic N) is 2. The van der Waals surface area contributed by atoms with E-state index < -0.39 is 0 Å². The number of halogens is 1. The van der Waals surface area contributed by atoms with Gasteiger partial charge in [0, 0.05) is 30.6 Å². The Balaban J connectivity index is 1.64. The molecule has 0 aliphatic heterocycles. The summed E-state index contributed by atoms with van der Waals surface area (Å²) in [4.78, 5) is 20.6. The molecule has 3 aromatic rings. The van der Waals surface area contributed by atoms with Crippen molar-refractivity contribution in [1.82, 2.24) is 9.97 Å². The highest BCUT2D eigenvalue weighted by atomic mass is 19.1. The highest BCUT2D eigenvalue weighted by molar-refractivity contribution is 6.04. The van der Waals surface area contributed by atoms with Crippen molar-refractivity contribution in [3.05, 3.63) is 71.8 Å². The molecule has 0 atom stereocenters. The SMILES string of the molecule is COc1ccc(NC(=O)c2cnc(NCc3ccccc3F)nc2)c(OC)c1. The summed E-state index contributed by atoms with van der Waals surface area (Å²) >= 11 is 0. The largest absolute Gasteiger partial charge is 0.497 e. The number of methoxy groups -OCH3 is 2. The Kier molecular flexibility index (Phi) is 6.01. The first kappa shape index (κ1) is 19.1. The fourth-order valence-electron chi connectivity index (χ4n) is 2.45. The third kappa shape index (κ3) is 4.53. The van der Waals surface area contributed by atoms with Crippen molar-refractivity contribution in [1.29, 1.82) is 0 Å². The molecule has 0 spiro atoms. The van der Waals surface area contributed by atoms with Gasteiger partial charge in [-0.1, -0.05) is 18.2 Å². The number of amides is 1. The molecule has 28 heavy (non-hydrogen) atoms. The van der Waals surface area contributed by atoms with Gasteiger partial charge in [0.2, 0.25) is 5.95 Å². The van der Waals surface area contributed by atoms with Gasteiger partial charge < -0.3 is 20.1 Å². The van der Waals surface area contributed by atoms with E-state index in [1.807, 2.05) is 0 Å². The molecule has 1 aromatic heterocycles. The summed E-state index contributed by atoms with van der Waals surface area (Å²) in [7, 11) is 3.05. The van der Waals surface area contributed by atoms with Crippen LogP contribution in [0.3, 0.4) is 0 Å². The first-order chi connectivity index (χ1) is 13.6. The van der Waals surface area contributed by atoms with Crippen LogP contribution in [-0.4, -0.2) is 30.1 Å². The predicted molar refractivity (Wildman–Crippen MR) is 103 cm³/mol. The van der Waals surface area contributed by atoms with E-state index in [-0.39, 0.29) is 23.8 Å². The van der Waals surface area contributed by atoms with Gasteiger partial charge >= 0.3 is 0 Å². The van der Waals surface area contributed by atoms with E-state index in [1.54, 1.807) is 43.5 Å². The molecule has 0 fully saturated rings. The first-order valence-electron chi connectivity index (χ1n) is 8.43. The van der Waals surface area contributed by atoms with E-state index >= 15 is 0 Å². The Morgan fingerprint density at radius 1 is 1.07 bits per heavy atom. The Labute approximate surface area is 161 Å². The number of hydrogen-bond donors (Lipinski definition) is 2. The van der Waals surface area contributed by atoms with Crippen LogP contribution < -0.4 is 20.1 Å². The van der Waals surface area contributed by atoms with E-state index in [2.05, 4.69) is 20.6 Å². The molecule has 0 saturated carbocycles. The number of rotatable bonds is 7. The van der Waals surface area contributed by atoms with Crippen molar-refractivity contribution in [2.75, 3.05) is 24.9 Å². The van der Waals surface area contributed by atoms with Gasteiger partial charge in [-0.25, -0.2) is 14.4 Å². The smallest absolute Gasteiger partial charge is 0.258 e. The van der Waals surface area contributed by atoms with Crippen molar-refractivity contribution in [2.45, 2.75) is 6.54 Å². The molecule has 8 heteroatoms. The maximum Gasteiger partial charge on any atom is 0.258 e. The molecule has 1 heterocycles. The summed E-state index contributed by atoms with van der Waals surface area (Å²) in [6.45, 7) is 0.237. The van der Waals surface area contributed by atoms with Crippen LogP contribution in [0, 0.1) is 5.82 Å². The van der Waals surface area contributed by atoms with Crippen LogP contribution in [0.15, 0.2) is 54.9 Å². The van der Waals surface area contributed by atoms with Gasteiger partial charge in [0.25, 0.3) is 5.91 Å². The number of ether oxygens (including phenoxy) is 2. The molecule has 0 aliphatic carbocycles. The number of hydrogen-bond acceptors (Lipinski definition) is 6. The van der Waals surface area contributed by atoms with Crippen molar-refractivity contribution < 1.29 is 18.7 Å². The molecule has 0 saturated heterocycles. The molecule has 0 radical (unpaired) electrons. The maximum absolute atomic E-state index is 13.6. The number of benzene rings is 2. The maximum atomic E-state index is 13.6. The highest BCUT2D eigenvalue weighted by Crippen LogP contribution is 2.29. The Morgan fingerprint density at radius 3 is 2.50 bits per heavy atom. The Hall–Kier alpha value is -3.68. The fourth-order valence-corrected chi connectivity index (χ4v) is 2.45. The molecule has 0 bridgehead atoms. The number of carbonyl (C=O) groups is 1. The lowest BCUT2D eigenvalue weighted by atomic mass is 10.2. The van der Waals surface area contributed by atoms with Crippen molar-refractivity contribution in [2.24, 2.45) is 0 Å². The van der Waals surface area contributed by atoms with E-state index in [4.69, 9.17) is 9.47 Å². The molecular formula is C20H19FN4O3. The van der Waals surface area contributed by atoms with Crippen molar-refractivity contribution in [3.63, 3.8) is 0 Å². The zero-order chi connectivity index (χ0) is 19.9. The predicted octanol–water partition coefficient (Wildman–Crippen LogP) is 3.50. The van der Waals surface area contributed by atoms with Crippen LogP contribution in [0.4, 0.5) is 16.0 Å². The quantitative estimate of drug-likeness (QED) is 0.651. The average molecular weight is 382 g/mol. The van der Waals surface area contributed by atoms with Crippen LogP contribution in [0.25, 0.3) is 0 Å². The first-order valence-corrected chi connectivity index (χ1v) is 8.43. The van der Waals surface area contributed by atoms with Gasteiger partial charge in [-0.05, 0) is 18.2 Å². The molecule has 2 N–H and O–H groups in total. The third-order valence-electron chi connectivity index (χ3n) is 3.97. The van der Waals surface area contributed by atoms with Gasteiger partial charge in [0.15, 0.2) is 0 Å². The average Bonchev–Trinajstić information content (AvgIpc) is 2.73. The third-order valence-corrected chi connectivity index (χ3v) is 3.97. The molecule has 1 amide bonds. The lowest BCUT2D eigenvalue weighted by Crippen LogP contribution is -2.14. The standard InChI is InChI=1S/C20H19FN4O3/c1-27-15-7-8-17(18(9-15)28-2)25-19(26)14-11-23-20(24-12-14)22-10-13-5-3-4-6-16(13)21/h3-9,11-12H,10H2,1-2H3,(H,25,26)(H,22,23,24). The van der Waals surface area contributed by atoms with Gasteiger partial charge in [-0.15, -0.1) is 0 Å². The molecule has 144 valence electrons. The fraction of sp³-hybridized carbons (Fsp3) is 0.150. The second-order valence-corrected chi connectivity index (χ2v) is 5.76. The Morgan fingerprint density at radius 2 is 1.82 bits per heavy atom. The summed E-state index contributed by atoms with van der Waals surface area (Å²) in [6, 6.07) is 11.5. The number of anilines is 2. The number of carbonyl (C=O) groups excluding carboxylic acids is 1. The van der Waals surface area contributed by atoms with Crippen LogP contribution in [0.2, 0.25) is 0 Å². The van der Waals surface area contributed by atoms with Gasteiger partial charge in [0.1, 0.15) is 17.3 Å². The van der Waals surface area contributed by atoms with Crippen LogP contribution in [0.1, 0.15) is 15.9 Å². The zero-order valence-corrected chi connectivity index (χ0v) is 15.4. The Bertz CT molecular complexity index is 964. The minimum atomic E-state index is -0.385. The summed E-state index contributed by atoms with van der Waals surface area (Å²) in [5, 5.41) is 5.67. The van der Waals surface area contributed by atoms with Crippen LogP contribution in [0.5, 0.6) is 11.5 Å². The minimum Gasteiger partial charge on any atom is -0.497 e. The van der Waals surface area contributed by atoms with E-state index in [9.17, 15) is 9.18 Å². The van der Waals surface area contributed by atoms with E-state index in [0.29, 0.717) is 28.7 Å². The van der Waals surface area contributed by atoms with Crippen LogP contribution in [-0.2, 0) is 6.54 Å². The number of aromatic nitrogens is 2. The van der Waals surface area contributed by atoms with Gasteiger partial charge in [-0.2, -0.15) is 0 Å². The van der Waals surface area contributed by atoms with Gasteiger partial charge in [-0.3, -0.25) is 4.79 Å². The highest BCUT2D eigenvalue weighted by Gasteiger charge is 2.12. The molecule has 0 aliphatic rings. The summed E-state index contributed by atoms with van der Waals surface area (Å²) in [6.07, 6.45) is 2.78. The lowest BCUT2D eigenvalue weighted by Gasteiger charge is -2.11. The summed E-state index contributed by atoms with van der Waals surface area (Å²) in [5.74, 6) is 0.686. The van der Waals surface area contributed by atoms with Crippen molar-refractivity contribution >= 4 is 17.5 Å². The number of nitrogens with one attached hydrogen (secondary N) is 2. The molecule has 0 unspecified atom stereocenters. The normalized spacial score (nSPS) is 10.2. The second kappa shape index (κ2) is 8.81.